The van der Waals surface area contributed by atoms with Gasteiger partial charge in [-0.3, -0.25) is 0 Å². The van der Waals surface area contributed by atoms with Gasteiger partial charge in [0.2, 0.25) is 0 Å². The van der Waals surface area contributed by atoms with Gasteiger partial charge in [-0.25, -0.2) is 0 Å². The fourth-order valence-corrected chi connectivity index (χ4v) is 3.89. The number of rotatable bonds is 3. The van der Waals surface area contributed by atoms with Crippen molar-refractivity contribution in [1.82, 2.24) is 0 Å². The Labute approximate surface area is 152 Å². The highest BCUT2D eigenvalue weighted by molar-refractivity contribution is 5.88. The molecule has 0 aliphatic heterocycles. The minimum Gasteiger partial charge on any atom is -0.103 e. The molecule has 0 nitrogen and oxygen atoms in total. The molecule has 0 aromatic heterocycles. The first-order chi connectivity index (χ1) is 12.3. The van der Waals surface area contributed by atoms with Gasteiger partial charge in [-0.2, -0.15) is 0 Å². The first-order valence-electron chi connectivity index (χ1n) is 9.57. The van der Waals surface area contributed by atoms with Crippen LogP contribution in [0.25, 0.3) is 16.3 Å². The Morgan fingerprint density at radius 2 is 1.84 bits per heavy atom. The molecular formula is C25H28. The summed E-state index contributed by atoms with van der Waals surface area (Å²) in [5.74, 6) is 0.620. The second-order valence-corrected chi connectivity index (χ2v) is 6.57. The van der Waals surface area contributed by atoms with Crippen molar-refractivity contribution in [2.75, 3.05) is 0 Å². The number of fused-ring (bicyclic) bond motifs is 2. The van der Waals surface area contributed by atoms with Crippen molar-refractivity contribution >= 4 is 16.3 Å². The summed E-state index contributed by atoms with van der Waals surface area (Å²) in [7, 11) is 0. The number of hydrogen-bond donors (Lipinski definition) is 0. The molecule has 25 heavy (non-hydrogen) atoms. The summed E-state index contributed by atoms with van der Waals surface area (Å²) >= 11 is 0. The lowest BCUT2D eigenvalue weighted by atomic mass is 9.78. The van der Waals surface area contributed by atoms with Gasteiger partial charge in [0.1, 0.15) is 0 Å². The van der Waals surface area contributed by atoms with Gasteiger partial charge in [0, 0.05) is 5.92 Å². The van der Waals surface area contributed by atoms with E-state index in [4.69, 9.17) is 0 Å². The minimum absolute atomic E-state index is 0.620. The largest absolute Gasteiger partial charge is 0.103 e. The predicted octanol–water partition coefficient (Wildman–Crippen LogP) is 7.27. The molecule has 0 spiro atoms. The summed E-state index contributed by atoms with van der Waals surface area (Å²) in [4.78, 5) is 0. The van der Waals surface area contributed by atoms with Gasteiger partial charge in [0.05, 0.1) is 0 Å². The van der Waals surface area contributed by atoms with Crippen molar-refractivity contribution in [3.05, 3.63) is 90.1 Å². The fraction of sp³-hybridized carbons (Fsp3) is 0.280. The summed E-state index contributed by atoms with van der Waals surface area (Å²) in [5.41, 5.74) is 5.80. The van der Waals surface area contributed by atoms with Crippen LogP contribution in [0.3, 0.4) is 0 Å². The van der Waals surface area contributed by atoms with E-state index >= 15 is 0 Å². The van der Waals surface area contributed by atoms with Gasteiger partial charge >= 0.3 is 0 Å². The molecule has 0 saturated heterocycles. The SMILES string of the molecule is C=CCc1ccc2cc(C3=C4C=CC=CC4CCC3)ccc2c1.CC. The number of hydrogen-bond acceptors (Lipinski definition) is 0. The van der Waals surface area contributed by atoms with Crippen LogP contribution in [0.1, 0.15) is 44.2 Å². The van der Waals surface area contributed by atoms with E-state index in [-0.39, 0.29) is 0 Å². The number of allylic oxidation sites excluding steroid dienone is 7. The van der Waals surface area contributed by atoms with E-state index in [9.17, 15) is 0 Å². The zero-order valence-electron chi connectivity index (χ0n) is 15.5. The topological polar surface area (TPSA) is 0 Å². The fourth-order valence-electron chi connectivity index (χ4n) is 3.89. The van der Waals surface area contributed by atoms with Crippen molar-refractivity contribution in [2.45, 2.75) is 39.5 Å². The van der Waals surface area contributed by atoms with Crippen LogP contribution in [-0.4, -0.2) is 0 Å². The Bertz CT molecular complexity index is 845. The highest BCUT2D eigenvalue weighted by Gasteiger charge is 2.21. The quantitative estimate of drug-likeness (QED) is 0.519. The van der Waals surface area contributed by atoms with E-state index in [1.807, 2.05) is 19.9 Å². The van der Waals surface area contributed by atoms with Crippen LogP contribution >= 0.6 is 0 Å². The highest BCUT2D eigenvalue weighted by Crippen LogP contribution is 2.39. The molecule has 4 rings (SSSR count). The Balaban J connectivity index is 0.000000880. The zero-order chi connectivity index (χ0) is 17.6. The molecule has 2 aromatic carbocycles. The molecule has 1 atom stereocenters. The first-order valence-corrected chi connectivity index (χ1v) is 9.57. The molecule has 0 radical (unpaired) electrons. The van der Waals surface area contributed by atoms with E-state index in [0.717, 1.165) is 6.42 Å². The highest BCUT2D eigenvalue weighted by atomic mass is 14.3. The van der Waals surface area contributed by atoms with E-state index in [1.54, 1.807) is 5.57 Å². The summed E-state index contributed by atoms with van der Waals surface area (Å²) in [6.45, 7) is 7.83. The maximum atomic E-state index is 3.83. The standard InChI is InChI=1S/C23H22.C2H6/c1-2-6-17-11-12-20-16-21(14-13-19(20)15-17)23-10-5-8-18-7-3-4-9-22(18)23;1-2/h2-4,7,9,11-16,18H,1,5-6,8,10H2;1-2H3. The lowest BCUT2D eigenvalue weighted by Gasteiger charge is -2.27. The molecule has 2 aliphatic carbocycles. The van der Waals surface area contributed by atoms with Crippen molar-refractivity contribution in [1.29, 1.82) is 0 Å². The van der Waals surface area contributed by atoms with Gasteiger partial charge in [0.25, 0.3) is 0 Å². The minimum atomic E-state index is 0.620. The van der Waals surface area contributed by atoms with Gasteiger partial charge < -0.3 is 0 Å². The third kappa shape index (κ3) is 3.69. The molecule has 0 saturated carbocycles. The van der Waals surface area contributed by atoms with Crippen LogP contribution in [0.2, 0.25) is 0 Å². The molecule has 0 heteroatoms. The van der Waals surface area contributed by atoms with Crippen LogP contribution in [0, 0.1) is 5.92 Å². The third-order valence-corrected chi connectivity index (χ3v) is 5.05. The molecule has 128 valence electrons. The smallest absolute Gasteiger partial charge is 0.00241 e. The zero-order valence-corrected chi connectivity index (χ0v) is 15.5. The van der Waals surface area contributed by atoms with Crippen LogP contribution in [-0.2, 0) is 6.42 Å². The van der Waals surface area contributed by atoms with Crippen molar-refractivity contribution in [3.8, 4) is 0 Å². The van der Waals surface area contributed by atoms with Crippen molar-refractivity contribution < 1.29 is 0 Å². The van der Waals surface area contributed by atoms with Crippen LogP contribution in [0.5, 0.6) is 0 Å². The Morgan fingerprint density at radius 3 is 2.68 bits per heavy atom. The molecule has 1 unspecified atom stereocenters. The van der Waals surface area contributed by atoms with Crippen molar-refractivity contribution in [2.24, 2.45) is 5.92 Å². The maximum Gasteiger partial charge on any atom is 0.00241 e. The molecule has 0 N–H and O–H groups in total. The van der Waals surface area contributed by atoms with E-state index in [2.05, 4.69) is 67.3 Å². The molecular weight excluding hydrogens is 300 g/mol. The molecule has 2 aromatic rings. The average molecular weight is 328 g/mol. The summed E-state index contributed by atoms with van der Waals surface area (Å²) in [5, 5.41) is 2.66. The predicted molar refractivity (Wildman–Crippen MR) is 112 cm³/mol. The Hall–Kier alpha value is -2.34. The van der Waals surface area contributed by atoms with Crippen LogP contribution < -0.4 is 0 Å². The molecule has 0 amide bonds. The molecule has 0 bridgehead atoms. The molecule has 0 heterocycles. The molecule has 2 aliphatic rings. The Morgan fingerprint density at radius 1 is 1.04 bits per heavy atom. The summed E-state index contributed by atoms with van der Waals surface area (Å²) in [6, 6.07) is 13.7. The average Bonchev–Trinajstić information content (AvgIpc) is 2.69. The first kappa shape index (κ1) is 17.5. The lowest BCUT2D eigenvalue weighted by molar-refractivity contribution is 0.616. The number of benzene rings is 2. The molecule has 0 fully saturated rings. The summed E-state index contributed by atoms with van der Waals surface area (Å²) in [6.07, 6.45) is 15.7. The monoisotopic (exact) mass is 328 g/mol. The second kappa shape index (κ2) is 8.16. The van der Waals surface area contributed by atoms with Crippen molar-refractivity contribution in [3.63, 3.8) is 0 Å². The van der Waals surface area contributed by atoms with E-state index in [1.165, 1.54) is 46.7 Å². The lowest BCUT2D eigenvalue weighted by Crippen LogP contribution is -2.10. The normalized spacial score (nSPS) is 18.6. The summed E-state index contributed by atoms with van der Waals surface area (Å²) < 4.78 is 0. The van der Waals surface area contributed by atoms with Gasteiger partial charge in [-0.05, 0) is 64.8 Å². The van der Waals surface area contributed by atoms with E-state index in [0.29, 0.717) is 5.92 Å². The van der Waals surface area contributed by atoms with Gasteiger partial charge in [-0.15, -0.1) is 6.58 Å². The Kier molecular flexibility index (Phi) is 5.71. The van der Waals surface area contributed by atoms with Crippen LogP contribution in [0.4, 0.5) is 0 Å². The van der Waals surface area contributed by atoms with Gasteiger partial charge in [0.15, 0.2) is 0 Å². The maximum absolute atomic E-state index is 3.83. The third-order valence-electron chi connectivity index (χ3n) is 5.05. The van der Waals surface area contributed by atoms with E-state index < -0.39 is 0 Å². The van der Waals surface area contributed by atoms with Gasteiger partial charge in [-0.1, -0.05) is 74.6 Å². The van der Waals surface area contributed by atoms with Crippen LogP contribution in [0.15, 0.2) is 78.9 Å². The second-order valence-electron chi connectivity index (χ2n) is 6.57.